The Morgan fingerprint density at radius 2 is 1.82 bits per heavy atom. The van der Waals surface area contributed by atoms with E-state index in [1.54, 1.807) is 6.92 Å². The van der Waals surface area contributed by atoms with Crippen LogP contribution in [0.4, 0.5) is 23.2 Å². The van der Waals surface area contributed by atoms with Crippen LogP contribution >= 0.6 is 0 Å². The molecule has 0 fully saturated rings. The number of hydrogen-bond donors (Lipinski definition) is 2. The minimum atomic E-state index is -4.82. The first-order valence-corrected chi connectivity index (χ1v) is 9.49. The summed E-state index contributed by atoms with van der Waals surface area (Å²) in [6, 6.07) is 6.58. The topological polar surface area (TPSA) is 120 Å². The van der Waals surface area contributed by atoms with Crippen LogP contribution in [0.25, 0.3) is 16.9 Å². The lowest BCUT2D eigenvalue weighted by Gasteiger charge is -2.11. The highest BCUT2D eigenvalue weighted by atomic mass is 19.4. The minimum absolute atomic E-state index is 0.0117. The van der Waals surface area contributed by atoms with Gasteiger partial charge in [-0.05, 0) is 37.3 Å². The van der Waals surface area contributed by atoms with Gasteiger partial charge in [0, 0.05) is 24.4 Å². The fourth-order valence-corrected chi connectivity index (χ4v) is 3.10. The monoisotopic (exact) mass is 461 g/mol. The largest absolute Gasteiger partial charge is 0.433 e. The van der Waals surface area contributed by atoms with Gasteiger partial charge in [0.15, 0.2) is 22.7 Å². The summed E-state index contributed by atoms with van der Waals surface area (Å²) in [4.78, 5) is 28.4. The highest BCUT2D eigenvalue weighted by Gasteiger charge is 2.35. The van der Waals surface area contributed by atoms with E-state index in [4.69, 9.17) is 5.73 Å². The summed E-state index contributed by atoms with van der Waals surface area (Å²) in [7, 11) is 0. The molecule has 0 radical (unpaired) electrons. The van der Waals surface area contributed by atoms with Crippen molar-refractivity contribution in [1.82, 2.24) is 24.4 Å². The second kappa shape index (κ2) is 8.00. The van der Waals surface area contributed by atoms with Crippen LogP contribution in [0.3, 0.4) is 0 Å². The summed E-state index contributed by atoms with van der Waals surface area (Å²) in [5, 5.41) is 10.1. The number of nitrogens with one attached hydrogen (secondary N) is 1. The van der Waals surface area contributed by atoms with Crippen LogP contribution in [0.5, 0.6) is 0 Å². The van der Waals surface area contributed by atoms with E-state index < -0.39 is 29.5 Å². The second-order valence-corrected chi connectivity index (χ2v) is 6.90. The van der Waals surface area contributed by atoms with Crippen molar-refractivity contribution in [3.05, 3.63) is 65.5 Å². The van der Waals surface area contributed by atoms with E-state index in [2.05, 4.69) is 20.5 Å². The number of amides is 2. The summed E-state index contributed by atoms with van der Waals surface area (Å²) in [6.45, 7) is 2.13. The number of nitrogens with zero attached hydrogens (tertiary/aromatic N) is 5. The van der Waals surface area contributed by atoms with Crippen molar-refractivity contribution in [3.8, 4) is 11.3 Å². The van der Waals surface area contributed by atoms with E-state index in [0.717, 1.165) is 24.3 Å². The van der Waals surface area contributed by atoms with Crippen LogP contribution < -0.4 is 11.1 Å². The molecule has 170 valence electrons. The third-order valence-corrected chi connectivity index (χ3v) is 4.66. The molecule has 33 heavy (non-hydrogen) atoms. The predicted octanol–water partition coefficient (Wildman–Crippen LogP) is 3.12. The molecule has 3 aromatic heterocycles. The summed E-state index contributed by atoms with van der Waals surface area (Å²) in [5.74, 6) is -2.34. The Morgan fingerprint density at radius 1 is 1.12 bits per heavy atom. The number of primary amides is 1. The molecule has 0 saturated carbocycles. The van der Waals surface area contributed by atoms with Crippen LogP contribution in [-0.4, -0.2) is 36.2 Å². The Bertz CT molecular complexity index is 1370. The number of carbonyl (C=O) groups is 2. The number of hydrogen-bond acceptors (Lipinski definition) is 5. The van der Waals surface area contributed by atoms with E-state index in [1.165, 1.54) is 23.0 Å². The van der Waals surface area contributed by atoms with Crippen molar-refractivity contribution in [1.29, 1.82) is 0 Å². The standard InChI is InChI=1S/C20H15F4N7O2/c1-2-30-9-14(17(29-30)18(25)32)27-19(33)13-8-16-26-12(10-3-5-11(21)6-4-10)7-15(20(22,23)24)31(16)28-13/h3-9H,2H2,1H3,(H2,25,32)(H,27,33). The Labute approximate surface area is 182 Å². The summed E-state index contributed by atoms with van der Waals surface area (Å²) in [5.41, 5.74) is 3.39. The third kappa shape index (κ3) is 4.24. The number of nitrogens with two attached hydrogens (primary N) is 1. The number of benzene rings is 1. The van der Waals surface area contributed by atoms with E-state index in [9.17, 15) is 27.2 Å². The molecule has 9 nitrogen and oxygen atoms in total. The van der Waals surface area contributed by atoms with Gasteiger partial charge in [0.25, 0.3) is 11.8 Å². The van der Waals surface area contributed by atoms with Gasteiger partial charge in [-0.3, -0.25) is 14.3 Å². The van der Waals surface area contributed by atoms with Crippen LogP contribution in [0, 0.1) is 5.82 Å². The Balaban J connectivity index is 1.77. The molecule has 3 N–H and O–H groups in total. The van der Waals surface area contributed by atoms with Gasteiger partial charge >= 0.3 is 6.18 Å². The number of carbonyl (C=O) groups excluding carboxylic acids is 2. The quantitative estimate of drug-likeness (QED) is 0.443. The molecule has 4 aromatic rings. The summed E-state index contributed by atoms with van der Waals surface area (Å²) >= 11 is 0. The number of fused-ring (bicyclic) bond motifs is 1. The van der Waals surface area contributed by atoms with Crippen molar-refractivity contribution in [3.63, 3.8) is 0 Å². The van der Waals surface area contributed by atoms with Gasteiger partial charge in [0.05, 0.1) is 11.4 Å². The van der Waals surface area contributed by atoms with Gasteiger partial charge in [-0.2, -0.15) is 23.4 Å². The molecular weight excluding hydrogens is 446 g/mol. The minimum Gasteiger partial charge on any atom is -0.364 e. The maximum atomic E-state index is 13.7. The molecule has 0 unspecified atom stereocenters. The highest BCUT2D eigenvalue weighted by Crippen LogP contribution is 2.32. The lowest BCUT2D eigenvalue weighted by molar-refractivity contribution is -0.142. The lowest BCUT2D eigenvalue weighted by Crippen LogP contribution is -2.18. The van der Waals surface area contributed by atoms with Crippen LogP contribution in [0.15, 0.2) is 42.6 Å². The number of anilines is 1. The van der Waals surface area contributed by atoms with E-state index in [0.29, 0.717) is 11.1 Å². The normalized spacial score (nSPS) is 11.7. The number of aryl methyl sites for hydroxylation is 1. The third-order valence-electron chi connectivity index (χ3n) is 4.66. The van der Waals surface area contributed by atoms with Crippen LogP contribution in [0.2, 0.25) is 0 Å². The fourth-order valence-electron chi connectivity index (χ4n) is 3.10. The van der Waals surface area contributed by atoms with Gasteiger partial charge in [-0.15, -0.1) is 0 Å². The molecule has 2 amide bonds. The first-order chi connectivity index (χ1) is 15.6. The van der Waals surface area contributed by atoms with Crippen molar-refractivity contribution < 1.29 is 27.2 Å². The molecule has 0 spiro atoms. The van der Waals surface area contributed by atoms with Gasteiger partial charge < -0.3 is 11.1 Å². The number of rotatable bonds is 5. The second-order valence-electron chi connectivity index (χ2n) is 6.90. The first-order valence-electron chi connectivity index (χ1n) is 9.49. The van der Waals surface area contributed by atoms with Crippen molar-refractivity contribution in [2.45, 2.75) is 19.6 Å². The zero-order valence-electron chi connectivity index (χ0n) is 16.9. The predicted molar refractivity (Wildman–Crippen MR) is 108 cm³/mol. The molecule has 13 heteroatoms. The fraction of sp³-hybridized carbons (Fsp3) is 0.150. The lowest BCUT2D eigenvalue weighted by atomic mass is 10.1. The first kappa shape index (κ1) is 21.9. The zero-order valence-corrected chi connectivity index (χ0v) is 16.9. The maximum Gasteiger partial charge on any atom is 0.433 e. The number of alkyl halides is 3. The molecule has 0 bridgehead atoms. The molecule has 3 heterocycles. The zero-order chi connectivity index (χ0) is 23.9. The average Bonchev–Trinajstić information content (AvgIpc) is 3.36. The smallest absolute Gasteiger partial charge is 0.364 e. The molecule has 1 aromatic carbocycles. The molecule has 4 rings (SSSR count). The SMILES string of the molecule is CCn1cc(NC(=O)c2cc3nc(-c4ccc(F)cc4)cc(C(F)(F)F)n3n2)c(C(N)=O)n1. The van der Waals surface area contributed by atoms with Gasteiger partial charge in [0.2, 0.25) is 0 Å². The molecule has 0 aliphatic carbocycles. The van der Waals surface area contributed by atoms with E-state index in [1.807, 2.05) is 0 Å². The molecule has 0 saturated heterocycles. The van der Waals surface area contributed by atoms with E-state index in [-0.39, 0.29) is 34.0 Å². The van der Waals surface area contributed by atoms with Crippen molar-refractivity contribution >= 4 is 23.1 Å². The van der Waals surface area contributed by atoms with Gasteiger partial charge in [-0.1, -0.05) is 0 Å². The Morgan fingerprint density at radius 3 is 2.42 bits per heavy atom. The highest BCUT2D eigenvalue weighted by molar-refractivity contribution is 6.07. The number of halogens is 4. The Hall–Kier alpha value is -4.29. The Kier molecular flexibility index (Phi) is 5.31. The van der Waals surface area contributed by atoms with E-state index >= 15 is 0 Å². The van der Waals surface area contributed by atoms with Crippen LogP contribution in [-0.2, 0) is 12.7 Å². The molecule has 0 aliphatic rings. The molecule has 0 aliphatic heterocycles. The summed E-state index contributed by atoms with van der Waals surface area (Å²) < 4.78 is 56.2. The van der Waals surface area contributed by atoms with Crippen LogP contribution in [0.1, 0.15) is 33.6 Å². The molecule has 0 atom stereocenters. The van der Waals surface area contributed by atoms with Gasteiger partial charge in [-0.25, -0.2) is 13.9 Å². The maximum absolute atomic E-state index is 13.7. The average molecular weight is 461 g/mol. The number of aromatic nitrogens is 5. The molecular formula is C20H15F4N7O2. The van der Waals surface area contributed by atoms with Gasteiger partial charge in [0.1, 0.15) is 5.82 Å². The van der Waals surface area contributed by atoms with Crippen molar-refractivity contribution in [2.24, 2.45) is 5.73 Å². The van der Waals surface area contributed by atoms with Crippen molar-refractivity contribution in [2.75, 3.05) is 5.32 Å². The summed E-state index contributed by atoms with van der Waals surface area (Å²) in [6.07, 6.45) is -3.46.